The van der Waals surface area contributed by atoms with E-state index in [1.165, 1.54) is 6.08 Å². The van der Waals surface area contributed by atoms with Crippen LogP contribution in [0, 0.1) is 18.3 Å². The zero-order valence-electron chi connectivity index (χ0n) is 6.28. The van der Waals surface area contributed by atoms with Gasteiger partial charge in [0.2, 0.25) is 0 Å². The molecular weight excluding hydrogens is 136 g/mol. The number of allylic oxidation sites excluding steroid dienone is 1. The van der Waals surface area contributed by atoms with Crippen molar-refractivity contribution in [3.63, 3.8) is 0 Å². The first-order valence-electron chi connectivity index (χ1n) is 3.31. The van der Waals surface area contributed by atoms with Crippen molar-refractivity contribution in [2.75, 3.05) is 0 Å². The second-order valence-electron chi connectivity index (χ2n) is 2.19. The Hall–Kier alpha value is -1.62. The minimum Gasteiger partial charge on any atom is -0.264 e. The quantitative estimate of drug-likeness (QED) is 0.564. The van der Waals surface area contributed by atoms with Crippen LogP contribution in [-0.4, -0.2) is 4.98 Å². The fourth-order valence-electron chi connectivity index (χ4n) is 0.778. The topological polar surface area (TPSA) is 36.7 Å². The Labute approximate surface area is 65.8 Å². The molecule has 0 bridgehead atoms. The second-order valence-corrected chi connectivity index (χ2v) is 2.19. The summed E-state index contributed by atoms with van der Waals surface area (Å²) in [6.45, 7) is 1.98. The van der Waals surface area contributed by atoms with E-state index >= 15 is 0 Å². The number of hydrogen-bond donors (Lipinski definition) is 0. The van der Waals surface area contributed by atoms with Crippen molar-refractivity contribution in [1.82, 2.24) is 4.98 Å². The average molecular weight is 144 g/mol. The van der Waals surface area contributed by atoms with Gasteiger partial charge in [0.05, 0.1) is 6.07 Å². The van der Waals surface area contributed by atoms with Crippen LogP contribution in [0.3, 0.4) is 0 Å². The van der Waals surface area contributed by atoms with Crippen molar-refractivity contribution in [2.24, 2.45) is 0 Å². The van der Waals surface area contributed by atoms with Crippen molar-refractivity contribution in [3.8, 4) is 6.07 Å². The first-order chi connectivity index (χ1) is 5.34. The molecular formula is C9H8N2. The van der Waals surface area contributed by atoms with Gasteiger partial charge in [-0.25, -0.2) is 0 Å². The van der Waals surface area contributed by atoms with Gasteiger partial charge in [-0.05, 0) is 30.2 Å². The van der Waals surface area contributed by atoms with Gasteiger partial charge in [0.25, 0.3) is 0 Å². The Balaban J connectivity index is 2.97. The molecule has 0 saturated carbocycles. The summed E-state index contributed by atoms with van der Waals surface area (Å²) in [5.41, 5.74) is 2.13. The van der Waals surface area contributed by atoms with Crippen molar-refractivity contribution < 1.29 is 0 Å². The van der Waals surface area contributed by atoms with Crippen LogP contribution >= 0.6 is 0 Å². The summed E-state index contributed by atoms with van der Waals surface area (Å²) in [5, 5.41) is 8.26. The number of hydrogen-bond acceptors (Lipinski definition) is 2. The van der Waals surface area contributed by atoms with Crippen LogP contribution in [0.5, 0.6) is 0 Å². The molecule has 0 spiro atoms. The van der Waals surface area contributed by atoms with Crippen LogP contribution in [0.25, 0.3) is 6.08 Å². The van der Waals surface area contributed by atoms with Gasteiger partial charge in [0.15, 0.2) is 0 Å². The normalized spacial score (nSPS) is 9.82. The highest BCUT2D eigenvalue weighted by atomic mass is 14.6. The van der Waals surface area contributed by atoms with Crippen molar-refractivity contribution in [3.05, 3.63) is 35.7 Å². The maximum Gasteiger partial charge on any atom is 0.0912 e. The second kappa shape index (κ2) is 3.52. The van der Waals surface area contributed by atoms with E-state index in [1.807, 2.05) is 19.1 Å². The summed E-state index contributed by atoms with van der Waals surface area (Å²) in [6, 6.07) is 3.85. The summed E-state index contributed by atoms with van der Waals surface area (Å²) in [4.78, 5) is 3.94. The van der Waals surface area contributed by atoms with E-state index in [-0.39, 0.29) is 0 Å². The highest BCUT2D eigenvalue weighted by Gasteiger charge is 1.89. The average Bonchev–Trinajstić information content (AvgIpc) is 2.03. The molecule has 0 saturated heterocycles. The van der Waals surface area contributed by atoms with Gasteiger partial charge in [-0.3, -0.25) is 4.98 Å². The summed E-state index contributed by atoms with van der Waals surface area (Å²) in [6.07, 6.45) is 6.68. The monoisotopic (exact) mass is 144 g/mol. The van der Waals surface area contributed by atoms with Crippen LogP contribution in [0.2, 0.25) is 0 Å². The molecule has 0 aliphatic carbocycles. The third-order valence-electron chi connectivity index (χ3n) is 1.42. The molecule has 54 valence electrons. The molecule has 0 aliphatic heterocycles. The number of aromatic nitrogens is 1. The number of nitrogens with zero attached hydrogens (tertiary/aromatic N) is 2. The SMILES string of the molecule is Cc1ccncc1C=CC#N. The minimum atomic E-state index is 0.994. The van der Waals surface area contributed by atoms with Crippen LogP contribution in [0.15, 0.2) is 24.5 Å². The predicted molar refractivity (Wildman–Crippen MR) is 43.6 cm³/mol. The highest BCUT2D eigenvalue weighted by Crippen LogP contribution is 2.05. The Bertz CT molecular complexity index is 308. The predicted octanol–water partition coefficient (Wildman–Crippen LogP) is 1.93. The standard InChI is InChI=1S/C9H8N2/c1-8-4-6-11-7-9(8)3-2-5-10/h2-4,6-7H,1H3. The first kappa shape index (κ1) is 7.49. The van der Waals surface area contributed by atoms with Gasteiger partial charge in [-0.2, -0.15) is 5.26 Å². The van der Waals surface area contributed by atoms with E-state index in [0.29, 0.717) is 0 Å². The summed E-state index contributed by atoms with van der Waals surface area (Å²) in [7, 11) is 0. The molecule has 0 unspecified atom stereocenters. The maximum absolute atomic E-state index is 8.26. The molecule has 0 fully saturated rings. The highest BCUT2D eigenvalue weighted by molar-refractivity contribution is 5.53. The van der Waals surface area contributed by atoms with E-state index in [4.69, 9.17) is 5.26 Å². The lowest BCUT2D eigenvalue weighted by Crippen LogP contribution is -1.80. The number of pyridine rings is 1. The number of aryl methyl sites for hydroxylation is 1. The Morgan fingerprint density at radius 2 is 2.45 bits per heavy atom. The molecule has 2 nitrogen and oxygen atoms in total. The molecule has 0 aromatic carbocycles. The molecule has 1 aromatic heterocycles. The molecule has 1 aromatic rings. The Kier molecular flexibility index (Phi) is 2.40. The first-order valence-corrected chi connectivity index (χ1v) is 3.31. The number of nitriles is 1. The molecule has 11 heavy (non-hydrogen) atoms. The van der Waals surface area contributed by atoms with Crippen LogP contribution in [-0.2, 0) is 0 Å². The molecule has 2 heteroatoms. The Morgan fingerprint density at radius 3 is 3.09 bits per heavy atom. The van der Waals surface area contributed by atoms with Crippen molar-refractivity contribution in [2.45, 2.75) is 6.92 Å². The molecule has 0 atom stereocenters. The summed E-state index contributed by atoms with van der Waals surface area (Å²) in [5.74, 6) is 0. The Morgan fingerprint density at radius 1 is 1.64 bits per heavy atom. The fourth-order valence-corrected chi connectivity index (χ4v) is 0.778. The van der Waals surface area contributed by atoms with Crippen LogP contribution in [0.1, 0.15) is 11.1 Å². The van der Waals surface area contributed by atoms with Crippen LogP contribution in [0.4, 0.5) is 0 Å². The lowest BCUT2D eigenvalue weighted by molar-refractivity contribution is 1.27. The largest absolute Gasteiger partial charge is 0.264 e. The smallest absolute Gasteiger partial charge is 0.0912 e. The third kappa shape index (κ3) is 1.91. The van der Waals surface area contributed by atoms with Gasteiger partial charge in [0.1, 0.15) is 0 Å². The van der Waals surface area contributed by atoms with Crippen LogP contribution < -0.4 is 0 Å². The van der Waals surface area contributed by atoms with E-state index in [9.17, 15) is 0 Å². The van der Waals surface area contributed by atoms with E-state index in [0.717, 1.165) is 11.1 Å². The molecule has 1 rings (SSSR count). The lowest BCUT2D eigenvalue weighted by atomic mass is 10.1. The van der Waals surface area contributed by atoms with Crippen molar-refractivity contribution in [1.29, 1.82) is 5.26 Å². The molecule has 0 amide bonds. The fraction of sp³-hybridized carbons (Fsp3) is 0.111. The summed E-state index contributed by atoms with van der Waals surface area (Å²) < 4.78 is 0. The van der Waals surface area contributed by atoms with E-state index in [1.54, 1.807) is 18.5 Å². The van der Waals surface area contributed by atoms with Gasteiger partial charge in [0, 0.05) is 18.5 Å². The van der Waals surface area contributed by atoms with Gasteiger partial charge in [-0.15, -0.1) is 0 Å². The maximum atomic E-state index is 8.26. The van der Waals surface area contributed by atoms with E-state index in [2.05, 4.69) is 4.98 Å². The molecule has 0 radical (unpaired) electrons. The van der Waals surface area contributed by atoms with Gasteiger partial charge >= 0.3 is 0 Å². The van der Waals surface area contributed by atoms with E-state index < -0.39 is 0 Å². The van der Waals surface area contributed by atoms with Crippen molar-refractivity contribution >= 4 is 6.08 Å². The van der Waals surface area contributed by atoms with Gasteiger partial charge in [-0.1, -0.05) is 0 Å². The van der Waals surface area contributed by atoms with Gasteiger partial charge < -0.3 is 0 Å². The minimum absolute atomic E-state index is 0.994. The zero-order valence-corrected chi connectivity index (χ0v) is 6.28. The zero-order chi connectivity index (χ0) is 8.10. The summed E-state index contributed by atoms with van der Waals surface area (Å²) >= 11 is 0. The third-order valence-corrected chi connectivity index (χ3v) is 1.42. The lowest BCUT2D eigenvalue weighted by Gasteiger charge is -1.94. The molecule has 0 N–H and O–H groups in total. The number of rotatable bonds is 1. The molecule has 0 aliphatic rings. The molecule has 1 heterocycles.